The Labute approximate surface area is 179 Å². The third kappa shape index (κ3) is 17.4. The number of amides is 1. The lowest BCUT2D eigenvalue weighted by Gasteiger charge is -2.13. The maximum Gasteiger partial charge on any atom is 0.326 e. The minimum atomic E-state index is -0.979. The van der Waals surface area contributed by atoms with Gasteiger partial charge in [-0.2, -0.15) is 12.6 Å². The predicted molar refractivity (Wildman–Crippen MR) is 122 cm³/mol. The first-order valence-corrected chi connectivity index (χ1v) is 12.5. The Bertz CT molecular complexity index is 356. The maximum absolute atomic E-state index is 11.8. The van der Waals surface area contributed by atoms with Gasteiger partial charge in [-0.3, -0.25) is 4.79 Å². The first kappa shape index (κ1) is 26.0. The fourth-order valence-corrected chi connectivity index (χ4v) is 3.78. The summed E-state index contributed by atoms with van der Waals surface area (Å²) >= 11 is 6.48. The number of carboxylic acid groups (broad SMARTS) is 1. The second-order valence-corrected chi connectivity index (χ2v) is 8.53. The number of halogens is 1. The second kappa shape index (κ2) is 19.8. The number of carbonyl (C=O) groups is 2. The van der Waals surface area contributed by atoms with Crippen LogP contribution < -0.4 is 5.32 Å². The van der Waals surface area contributed by atoms with Gasteiger partial charge in [-0.05, 0) is 29.4 Å². The van der Waals surface area contributed by atoms with Crippen molar-refractivity contribution in [3.8, 4) is 0 Å². The van der Waals surface area contributed by atoms with E-state index in [0.717, 1.165) is 12.8 Å². The van der Waals surface area contributed by atoms with E-state index in [1.54, 1.807) is 0 Å². The molecule has 0 aliphatic heterocycles. The van der Waals surface area contributed by atoms with E-state index in [9.17, 15) is 9.59 Å². The number of hydrogen-bond donors (Lipinski definition) is 3. The second-order valence-electron chi connectivity index (χ2n) is 7.01. The van der Waals surface area contributed by atoms with Crippen molar-refractivity contribution in [1.29, 1.82) is 0 Å². The molecule has 0 bridgehead atoms. The zero-order chi connectivity index (χ0) is 19.5. The first-order valence-electron chi connectivity index (χ1n) is 10.3. The van der Waals surface area contributed by atoms with Crippen molar-refractivity contribution < 1.29 is 14.7 Å². The molecule has 1 atom stereocenters. The minimum absolute atomic E-state index is 0.155. The summed E-state index contributed by atoms with van der Waals surface area (Å²) < 4.78 is 1.29. The highest BCUT2D eigenvalue weighted by molar-refractivity contribution is 14.1. The first-order chi connectivity index (χ1) is 12.6. The summed E-state index contributed by atoms with van der Waals surface area (Å²) in [5.41, 5.74) is 0. The lowest BCUT2D eigenvalue weighted by Crippen LogP contribution is -2.40. The van der Waals surface area contributed by atoms with Gasteiger partial charge in [0.25, 0.3) is 0 Å². The quantitative estimate of drug-likeness (QED) is 0.0915. The smallest absolute Gasteiger partial charge is 0.326 e. The largest absolute Gasteiger partial charge is 0.480 e. The van der Waals surface area contributed by atoms with Crippen molar-refractivity contribution in [2.45, 2.75) is 102 Å². The molecule has 0 aromatic heterocycles. The highest BCUT2D eigenvalue weighted by atomic mass is 127. The molecule has 0 aromatic rings. The Balaban J connectivity index is 3.35. The van der Waals surface area contributed by atoms with Crippen molar-refractivity contribution in [3.63, 3.8) is 0 Å². The van der Waals surface area contributed by atoms with E-state index >= 15 is 0 Å². The molecule has 6 heteroatoms. The summed E-state index contributed by atoms with van der Waals surface area (Å²) in [7, 11) is 0. The van der Waals surface area contributed by atoms with Crippen molar-refractivity contribution in [2.24, 2.45) is 0 Å². The molecule has 0 aromatic carbocycles. The fraction of sp³-hybridized carbons (Fsp3) is 0.900. The van der Waals surface area contributed by atoms with E-state index in [1.807, 2.05) is 0 Å². The SMILES string of the molecule is O=C(CCCCCCCCCCCCCCCI)N[C@@H](CCS)C(=O)O. The molecule has 154 valence electrons. The number of unbranched alkanes of at least 4 members (excludes halogenated alkanes) is 12. The molecule has 1 amide bonds. The molecule has 0 rings (SSSR count). The summed E-state index contributed by atoms with van der Waals surface area (Å²) in [6, 6.07) is -0.800. The topological polar surface area (TPSA) is 66.4 Å². The van der Waals surface area contributed by atoms with Crippen LogP contribution in [0.2, 0.25) is 0 Å². The zero-order valence-corrected chi connectivity index (χ0v) is 19.2. The predicted octanol–water partition coefficient (Wildman–Crippen LogP) is 5.77. The maximum atomic E-state index is 11.8. The third-order valence-electron chi connectivity index (χ3n) is 4.59. The normalized spacial score (nSPS) is 12.1. The van der Waals surface area contributed by atoms with E-state index in [0.29, 0.717) is 18.6 Å². The molecule has 0 unspecified atom stereocenters. The van der Waals surface area contributed by atoms with Crippen molar-refractivity contribution in [1.82, 2.24) is 5.32 Å². The Morgan fingerprint density at radius 2 is 1.23 bits per heavy atom. The lowest BCUT2D eigenvalue weighted by atomic mass is 10.0. The molecule has 4 nitrogen and oxygen atoms in total. The number of alkyl halides is 1. The average Bonchev–Trinajstić information content (AvgIpc) is 2.61. The number of carboxylic acids is 1. The van der Waals surface area contributed by atoms with Crippen molar-refractivity contribution >= 4 is 47.1 Å². The van der Waals surface area contributed by atoms with E-state index in [-0.39, 0.29) is 5.91 Å². The fourth-order valence-electron chi connectivity index (χ4n) is 2.98. The number of hydrogen-bond acceptors (Lipinski definition) is 3. The van der Waals surface area contributed by atoms with Gasteiger partial charge in [-0.1, -0.05) is 93.2 Å². The number of aliphatic carboxylic acids is 1. The molecule has 0 aliphatic rings. The van der Waals surface area contributed by atoms with Crippen LogP contribution in [-0.4, -0.2) is 33.2 Å². The van der Waals surface area contributed by atoms with Gasteiger partial charge in [-0.15, -0.1) is 0 Å². The van der Waals surface area contributed by atoms with Crippen molar-refractivity contribution in [3.05, 3.63) is 0 Å². The van der Waals surface area contributed by atoms with Crippen LogP contribution in [0.15, 0.2) is 0 Å². The molecular weight excluding hydrogens is 461 g/mol. The van der Waals surface area contributed by atoms with E-state index < -0.39 is 12.0 Å². The molecule has 0 radical (unpaired) electrons. The average molecular weight is 499 g/mol. The van der Waals surface area contributed by atoms with E-state index in [2.05, 4.69) is 40.5 Å². The van der Waals surface area contributed by atoms with E-state index in [4.69, 9.17) is 5.11 Å². The van der Waals surface area contributed by atoms with Gasteiger partial charge in [0.15, 0.2) is 0 Å². The summed E-state index contributed by atoms with van der Waals surface area (Å²) in [6.45, 7) is 0. The summed E-state index contributed by atoms with van der Waals surface area (Å²) in [5, 5.41) is 11.6. The Morgan fingerprint density at radius 1 is 0.808 bits per heavy atom. The molecule has 0 fully saturated rings. The number of rotatable bonds is 19. The monoisotopic (exact) mass is 499 g/mol. The Kier molecular flexibility index (Phi) is 19.8. The van der Waals surface area contributed by atoms with Crippen LogP contribution >= 0.6 is 35.2 Å². The molecule has 0 aliphatic carbocycles. The molecular formula is C20H38INO3S. The zero-order valence-electron chi connectivity index (χ0n) is 16.2. The summed E-state index contributed by atoms with van der Waals surface area (Å²) in [6.07, 6.45) is 17.4. The summed E-state index contributed by atoms with van der Waals surface area (Å²) in [5.74, 6) is -0.679. The van der Waals surface area contributed by atoms with Gasteiger partial charge < -0.3 is 10.4 Å². The molecule has 0 spiro atoms. The molecule has 26 heavy (non-hydrogen) atoms. The number of nitrogens with one attached hydrogen (secondary N) is 1. The van der Waals surface area contributed by atoms with E-state index in [1.165, 1.54) is 75.1 Å². The highest BCUT2D eigenvalue weighted by Crippen LogP contribution is 2.13. The number of carbonyl (C=O) groups excluding carboxylic acids is 1. The van der Waals surface area contributed by atoms with Gasteiger partial charge in [0.05, 0.1) is 0 Å². The lowest BCUT2D eigenvalue weighted by molar-refractivity contribution is -0.141. The minimum Gasteiger partial charge on any atom is -0.480 e. The Hall–Kier alpha value is 0.0200. The van der Waals surface area contributed by atoms with Gasteiger partial charge in [0, 0.05) is 6.42 Å². The van der Waals surface area contributed by atoms with Crippen LogP contribution in [0.25, 0.3) is 0 Å². The standard InChI is InChI=1S/C20H38INO3S/c21-16-13-11-9-7-5-3-1-2-4-6-8-10-12-14-19(23)22-18(15-17-26)20(24)25/h18,26H,1-17H2,(H,22,23)(H,24,25)/t18-/m0/s1. The molecule has 0 heterocycles. The van der Waals surface area contributed by atoms with Gasteiger partial charge >= 0.3 is 5.97 Å². The van der Waals surface area contributed by atoms with Crippen LogP contribution in [0.5, 0.6) is 0 Å². The molecule has 2 N–H and O–H groups in total. The van der Waals surface area contributed by atoms with Crippen LogP contribution in [0.4, 0.5) is 0 Å². The van der Waals surface area contributed by atoms with Gasteiger partial charge in [0.1, 0.15) is 6.04 Å². The number of thiol groups is 1. The van der Waals surface area contributed by atoms with Crippen LogP contribution in [0.3, 0.4) is 0 Å². The van der Waals surface area contributed by atoms with Gasteiger partial charge in [-0.25, -0.2) is 4.79 Å². The molecule has 0 saturated heterocycles. The third-order valence-corrected chi connectivity index (χ3v) is 5.61. The van der Waals surface area contributed by atoms with Crippen LogP contribution in [0, 0.1) is 0 Å². The highest BCUT2D eigenvalue weighted by Gasteiger charge is 2.18. The molecule has 0 saturated carbocycles. The van der Waals surface area contributed by atoms with Crippen LogP contribution in [-0.2, 0) is 9.59 Å². The Morgan fingerprint density at radius 3 is 1.62 bits per heavy atom. The van der Waals surface area contributed by atoms with Gasteiger partial charge in [0.2, 0.25) is 5.91 Å². The van der Waals surface area contributed by atoms with Crippen LogP contribution in [0.1, 0.15) is 96.3 Å². The van der Waals surface area contributed by atoms with Crippen molar-refractivity contribution in [2.75, 3.05) is 10.2 Å². The summed E-state index contributed by atoms with van der Waals surface area (Å²) in [4.78, 5) is 22.7.